The molecule has 0 saturated carbocycles. The van der Waals surface area contributed by atoms with E-state index in [4.69, 9.17) is 10.5 Å². The van der Waals surface area contributed by atoms with Gasteiger partial charge in [-0.15, -0.1) is 0 Å². The van der Waals surface area contributed by atoms with Crippen LogP contribution in [0.5, 0.6) is 5.75 Å². The van der Waals surface area contributed by atoms with Gasteiger partial charge in [0.25, 0.3) is 5.91 Å². The molecule has 0 bridgehead atoms. The highest BCUT2D eigenvalue weighted by Gasteiger charge is 2.13. The number of carbonyl (C=O) groups is 1. The van der Waals surface area contributed by atoms with Crippen molar-refractivity contribution in [2.75, 3.05) is 7.11 Å². The van der Waals surface area contributed by atoms with E-state index in [-0.39, 0.29) is 0 Å². The Labute approximate surface area is 115 Å². The van der Waals surface area contributed by atoms with Gasteiger partial charge in [0.05, 0.1) is 23.9 Å². The van der Waals surface area contributed by atoms with Crippen molar-refractivity contribution in [2.24, 2.45) is 5.73 Å². The van der Waals surface area contributed by atoms with Gasteiger partial charge in [0.2, 0.25) is 0 Å². The molecule has 1 amide bonds. The van der Waals surface area contributed by atoms with Gasteiger partial charge in [-0.3, -0.25) is 9.36 Å². The number of rotatable bonds is 3. The summed E-state index contributed by atoms with van der Waals surface area (Å²) in [6, 6.07) is 13.0. The number of ether oxygens (including phenoxy) is 1. The maximum absolute atomic E-state index is 11.4. The predicted octanol–water partition coefficient (Wildman–Crippen LogP) is 2.13. The first-order valence-electron chi connectivity index (χ1n) is 6.11. The number of hydrogen-bond donors (Lipinski definition) is 1. The number of hydrogen-bond acceptors (Lipinski definition) is 3. The number of imidazole rings is 1. The molecule has 5 heteroatoms. The van der Waals surface area contributed by atoms with Crippen LogP contribution in [0.15, 0.2) is 48.8 Å². The predicted molar refractivity (Wildman–Crippen MR) is 76.1 cm³/mol. The summed E-state index contributed by atoms with van der Waals surface area (Å²) >= 11 is 0. The van der Waals surface area contributed by atoms with E-state index < -0.39 is 5.91 Å². The number of benzene rings is 2. The van der Waals surface area contributed by atoms with Crippen LogP contribution in [0.4, 0.5) is 0 Å². The SMILES string of the molecule is COc1ccccc1-n1cnc2c(C(N)=O)cccc21. The second kappa shape index (κ2) is 4.70. The molecular formula is C15H13N3O2. The molecule has 0 aliphatic heterocycles. The number of primary amides is 1. The van der Waals surface area contributed by atoms with Gasteiger partial charge in [0.15, 0.2) is 0 Å². The largest absolute Gasteiger partial charge is 0.495 e. The fourth-order valence-corrected chi connectivity index (χ4v) is 2.26. The summed E-state index contributed by atoms with van der Waals surface area (Å²) in [4.78, 5) is 15.7. The van der Waals surface area contributed by atoms with Crippen molar-refractivity contribution in [3.05, 3.63) is 54.4 Å². The van der Waals surface area contributed by atoms with Gasteiger partial charge >= 0.3 is 0 Å². The smallest absolute Gasteiger partial charge is 0.250 e. The van der Waals surface area contributed by atoms with Crippen LogP contribution in [-0.2, 0) is 0 Å². The number of nitrogens with zero attached hydrogens (tertiary/aromatic N) is 2. The lowest BCUT2D eigenvalue weighted by Crippen LogP contribution is -2.11. The molecule has 5 nitrogen and oxygen atoms in total. The number of carbonyl (C=O) groups excluding carboxylic acids is 1. The Morgan fingerprint density at radius 2 is 2.00 bits per heavy atom. The molecule has 20 heavy (non-hydrogen) atoms. The molecule has 2 N–H and O–H groups in total. The van der Waals surface area contributed by atoms with Gasteiger partial charge in [0.1, 0.15) is 17.6 Å². The molecule has 0 aliphatic carbocycles. The third-order valence-corrected chi connectivity index (χ3v) is 3.19. The first-order chi connectivity index (χ1) is 9.72. The third kappa shape index (κ3) is 1.80. The number of aromatic nitrogens is 2. The molecule has 0 saturated heterocycles. The van der Waals surface area contributed by atoms with Gasteiger partial charge in [0, 0.05) is 0 Å². The summed E-state index contributed by atoms with van der Waals surface area (Å²) < 4.78 is 7.23. The average molecular weight is 267 g/mol. The lowest BCUT2D eigenvalue weighted by atomic mass is 10.1. The lowest BCUT2D eigenvalue weighted by molar-refractivity contribution is 0.100. The highest BCUT2D eigenvalue weighted by Crippen LogP contribution is 2.27. The Kier molecular flexibility index (Phi) is 2.87. The fraction of sp³-hybridized carbons (Fsp3) is 0.0667. The van der Waals surface area contributed by atoms with E-state index >= 15 is 0 Å². The monoisotopic (exact) mass is 267 g/mol. The van der Waals surface area contributed by atoms with Crippen molar-refractivity contribution < 1.29 is 9.53 Å². The van der Waals surface area contributed by atoms with Crippen molar-refractivity contribution >= 4 is 16.9 Å². The normalized spacial score (nSPS) is 10.7. The van der Waals surface area contributed by atoms with Crippen molar-refractivity contribution in [2.45, 2.75) is 0 Å². The first kappa shape index (κ1) is 12.2. The molecule has 0 spiro atoms. The van der Waals surface area contributed by atoms with E-state index in [1.807, 2.05) is 34.9 Å². The van der Waals surface area contributed by atoms with Crippen molar-refractivity contribution in [1.29, 1.82) is 0 Å². The number of amides is 1. The maximum atomic E-state index is 11.4. The Morgan fingerprint density at radius 3 is 2.75 bits per heavy atom. The van der Waals surface area contributed by atoms with Gasteiger partial charge in [-0.05, 0) is 24.3 Å². The van der Waals surface area contributed by atoms with Crippen LogP contribution in [0, 0.1) is 0 Å². The maximum Gasteiger partial charge on any atom is 0.250 e. The molecule has 0 fully saturated rings. The molecule has 0 unspecified atom stereocenters. The van der Waals surface area contributed by atoms with Gasteiger partial charge < -0.3 is 10.5 Å². The minimum absolute atomic E-state index is 0.413. The number of fused-ring (bicyclic) bond motifs is 1. The summed E-state index contributed by atoms with van der Waals surface area (Å²) in [5.74, 6) is 0.247. The van der Waals surface area contributed by atoms with E-state index in [1.54, 1.807) is 25.6 Å². The van der Waals surface area contributed by atoms with Crippen LogP contribution in [0.3, 0.4) is 0 Å². The minimum Gasteiger partial charge on any atom is -0.495 e. The Balaban J connectivity index is 2.28. The number of para-hydroxylation sites is 3. The van der Waals surface area contributed by atoms with Gasteiger partial charge in [-0.1, -0.05) is 18.2 Å². The molecule has 0 radical (unpaired) electrons. The van der Waals surface area contributed by atoms with Crippen LogP contribution >= 0.6 is 0 Å². The fourth-order valence-electron chi connectivity index (χ4n) is 2.26. The summed E-state index contributed by atoms with van der Waals surface area (Å²) in [6.07, 6.45) is 1.66. The second-order valence-electron chi connectivity index (χ2n) is 4.32. The Morgan fingerprint density at radius 1 is 1.20 bits per heavy atom. The standard InChI is InChI=1S/C15H13N3O2/c1-20-13-8-3-2-6-11(13)18-9-17-14-10(15(16)19)5-4-7-12(14)18/h2-9H,1H3,(H2,16,19). The van der Waals surface area contributed by atoms with E-state index in [0.29, 0.717) is 11.1 Å². The summed E-state index contributed by atoms with van der Waals surface area (Å²) in [5.41, 5.74) is 8.04. The second-order valence-corrected chi connectivity index (χ2v) is 4.32. The Bertz CT molecular complexity index is 793. The van der Waals surface area contributed by atoms with Gasteiger partial charge in [-0.25, -0.2) is 4.98 Å². The van der Waals surface area contributed by atoms with E-state index in [1.165, 1.54) is 0 Å². The van der Waals surface area contributed by atoms with Crippen LogP contribution in [0.25, 0.3) is 16.7 Å². The van der Waals surface area contributed by atoms with Crippen molar-refractivity contribution in [3.63, 3.8) is 0 Å². The van der Waals surface area contributed by atoms with Crippen LogP contribution in [0.1, 0.15) is 10.4 Å². The molecule has 3 aromatic rings. The van der Waals surface area contributed by atoms with Crippen molar-refractivity contribution in [3.8, 4) is 11.4 Å². The van der Waals surface area contributed by atoms with Crippen LogP contribution in [-0.4, -0.2) is 22.6 Å². The van der Waals surface area contributed by atoms with Crippen molar-refractivity contribution in [1.82, 2.24) is 9.55 Å². The zero-order valence-electron chi connectivity index (χ0n) is 10.9. The molecule has 1 heterocycles. The van der Waals surface area contributed by atoms with E-state index in [0.717, 1.165) is 17.0 Å². The molecule has 3 rings (SSSR count). The molecule has 2 aromatic carbocycles. The third-order valence-electron chi connectivity index (χ3n) is 3.19. The number of nitrogens with two attached hydrogens (primary N) is 1. The molecule has 1 aromatic heterocycles. The van der Waals surface area contributed by atoms with Gasteiger partial charge in [-0.2, -0.15) is 0 Å². The highest BCUT2D eigenvalue weighted by molar-refractivity contribution is 6.04. The summed E-state index contributed by atoms with van der Waals surface area (Å²) in [5, 5.41) is 0. The Hall–Kier alpha value is -2.82. The minimum atomic E-state index is -0.485. The topological polar surface area (TPSA) is 70.1 Å². The molecule has 0 aliphatic rings. The lowest BCUT2D eigenvalue weighted by Gasteiger charge is -2.09. The summed E-state index contributed by atoms with van der Waals surface area (Å²) in [6.45, 7) is 0. The quantitative estimate of drug-likeness (QED) is 0.790. The summed E-state index contributed by atoms with van der Waals surface area (Å²) in [7, 11) is 1.62. The number of methoxy groups -OCH3 is 1. The van der Waals surface area contributed by atoms with E-state index in [9.17, 15) is 4.79 Å². The molecular weight excluding hydrogens is 254 g/mol. The average Bonchev–Trinajstić information content (AvgIpc) is 2.90. The first-order valence-corrected chi connectivity index (χ1v) is 6.11. The molecule has 0 atom stereocenters. The van der Waals surface area contributed by atoms with Crippen LogP contribution in [0.2, 0.25) is 0 Å². The van der Waals surface area contributed by atoms with E-state index in [2.05, 4.69) is 4.98 Å². The molecule has 100 valence electrons. The highest BCUT2D eigenvalue weighted by atomic mass is 16.5. The van der Waals surface area contributed by atoms with Crippen LogP contribution < -0.4 is 10.5 Å². The zero-order chi connectivity index (χ0) is 14.1. The zero-order valence-corrected chi connectivity index (χ0v) is 10.9.